The van der Waals surface area contributed by atoms with E-state index in [0.717, 1.165) is 5.52 Å². The summed E-state index contributed by atoms with van der Waals surface area (Å²) in [4.78, 5) is 30.5. The lowest BCUT2D eigenvalue weighted by Crippen LogP contribution is -2.19. The summed E-state index contributed by atoms with van der Waals surface area (Å²) < 4.78 is 1.35. The van der Waals surface area contributed by atoms with Gasteiger partial charge in [0.1, 0.15) is 12.1 Å². The molecule has 2 amide bonds. The maximum absolute atomic E-state index is 12.1. The van der Waals surface area contributed by atoms with Crippen molar-refractivity contribution in [2.45, 2.75) is 19.9 Å². The van der Waals surface area contributed by atoms with Gasteiger partial charge >= 0.3 is 0 Å². The first kappa shape index (κ1) is 14.7. The fourth-order valence-corrected chi connectivity index (χ4v) is 2.07. The Kier molecular flexibility index (Phi) is 4.00. The molecule has 2 aromatic heterocycles. The van der Waals surface area contributed by atoms with E-state index in [2.05, 4.69) is 30.9 Å². The number of imidazole rings is 1. The van der Waals surface area contributed by atoms with Gasteiger partial charge in [-0.1, -0.05) is 18.2 Å². The maximum Gasteiger partial charge on any atom is 0.246 e. The summed E-state index contributed by atoms with van der Waals surface area (Å²) in [5.74, 6) is -0.107. The third-order valence-electron chi connectivity index (χ3n) is 3.16. The molecule has 0 aliphatic rings. The van der Waals surface area contributed by atoms with Crippen LogP contribution in [0.25, 0.3) is 11.0 Å². The second kappa shape index (κ2) is 6.26. The lowest BCUT2D eigenvalue weighted by atomic mass is 10.2. The molecule has 3 aromatic rings. The van der Waals surface area contributed by atoms with Gasteiger partial charge in [0, 0.05) is 6.42 Å². The highest BCUT2D eigenvalue weighted by Gasteiger charge is 2.10. The minimum absolute atomic E-state index is 0.0180. The van der Waals surface area contributed by atoms with Gasteiger partial charge in [-0.05, 0) is 12.1 Å². The first-order valence-electron chi connectivity index (χ1n) is 7.07. The van der Waals surface area contributed by atoms with Crippen LogP contribution >= 0.6 is 0 Å². The van der Waals surface area contributed by atoms with Crippen molar-refractivity contribution in [1.29, 1.82) is 0 Å². The lowest BCUT2D eigenvalue weighted by Gasteiger charge is -2.05. The van der Waals surface area contributed by atoms with Gasteiger partial charge in [0.15, 0.2) is 5.82 Å². The first-order valence-corrected chi connectivity index (χ1v) is 7.07. The van der Waals surface area contributed by atoms with E-state index < -0.39 is 0 Å². The van der Waals surface area contributed by atoms with Gasteiger partial charge in [0.2, 0.25) is 11.8 Å². The number of hydrogen-bond acceptors (Lipinski definition) is 5. The summed E-state index contributed by atoms with van der Waals surface area (Å²) in [5.41, 5.74) is 2.15. The number of nitrogens with one attached hydrogen (secondary N) is 3. The number of H-pyrrole nitrogens is 1. The molecule has 9 heteroatoms. The Balaban J connectivity index is 1.65. The average Bonchev–Trinajstić information content (AvgIpc) is 3.17. The number of amides is 2. The highest BCUT2D eigenvalue weighted by Crippen LogP contribution is 2.19. The molecular weight excluding hydrogens is 298 g/mol. The Morgan fingerprint density at radius 3 is 2.96 bits per heavy atom. The van der Waals surface area contributed by atoms with Gasteiger partial charge in [-0.25, -0.2) is 9.67 Å². The zero-order valence-corrected chi connectivity index (χ0v) is 12.4. The van der Waals surface area contributed by atoms with Crippen molar-refractivity contribution in [2.75, 3.05) is 10.6 Å². The molecule has 0 spiro atoms. The third kappa shape index (κ3) is 3.34. The normalized spacial score (nSPS) is 10.7. The highest BCUT2D eigenvalue weighted by atomic mass is 16.2. The summed E-state index contributed by atoms with van der Waals surface area (Å²) in [6.07, 6.45) is 3.42. The molecule has 3 N–H and O–H groups in total. The molecule has 0 unspecified atom stereocenters. The van der Waals surface area contributed by atoms with Crippen LogP contribution in [-0.2, 0) is 16.1 Å². The highest BCUT2D eigenvalue weighted by molar-refractivity contribution is 5.99. The molecule has 0 saturated heterocycles. The van der Waals surface area contributed by atoms with Crippen molar-refractivity contribution in [3.05, 3.63) is 30.7 Å². The van der Waals surface area contributed by atoms with E-state index >= 15 is 0 Å². The van der Waals surface area contributed by atoms with Crippen molar-refractivity contribution in [3.63, 3.8) is 0 Å². The van der Waals surface area contributed by atoms with Crippen molar-refractivity contribution in [2.24, 2.45) is 0 Å². The van der Waals surface area contributed by atoms with E-state index in [-0.39, 0.29) is 18.4 Å². The Labute approximate surface area is 131 Å². The molecule has 118 valence electrons. The standard InChI is InChI=1S/C14H15N7O2/c1-2-12(22)18-11-6-21(20-19-11)7-13(23)17-10-5-3-4-9-14(10)16-8-15-9/h3-6,8H,2,7H2,1H3,(H,15,16)(H,17,23)(H,18,22). The van der Waals surface area contributed by atoms with Gasteiger partial charge in [0.05, 0.1) is 23.7 Å². The zero-order chi connectivity index (χ0) is 16.2. The average molecular weight is 313 g/mol. The molecule has 9 nitrogen and oxygen atoms in total. The number of carbonyl (C=O) groups is 2. The molecule has 0 aliphatic heterocycles. The quantitative estimate of drug-likeness (QED) is 0.653. The summed E-state index contributed by atoms with van der Waals surface area (Å²) >= 11 is 0. The molecule has 0 atom stereocenters. The number of fused-ring (bicyclic) bond motifs is 1. The molecule has 3 rings (SSSR count). The summed E-state index contributed by atoms with van der Waals surface area (Å²) in [5, 5.41) is 13.0. The predicted octanol–water partition coefficient (Wildman–Crippen LogP) is 1.14. The van der Waals surface area contributed by atoms with Gasteiger partial charge < -0.3 is 15.6 Å². The Morgan fingerprint density at radius 1 is 1.26 bits per heavy atom. The fourth-order valence-electron chi connectivity index (χ4n) is 2.07. The number of hydrogen-bond donors (Lipinski definition) is 3. The molecule has 0 saturated carbocycles. The molecule has 0 fully saturated rings. The Bertz CT molecular complexity index is 852. The van der Waals surface area contributed by atoms with E-state index in [0.29, 0.717) is 23.4 Å². The van der Waals surface area contributed by atoms with Crippen LogP contribution < -0.4 is 10.6 Å². The monoisotopic (exact) mass is 313 g/mol. The van der Waals surface area contributed by atoms with Crippen molar-refractivity contribution >= 4 is 34.4 Å². The fraction of sp³-hybridized carbons (Fsp3) is 0.214. The third-order valence-corrected chi connectivity index (χ3v) is 3.16. The summed E-state index contributed by atoms with van der Waals surface area (Å²) in [7, 11) is 0. The van der Waals surface area contributed by atoms with Gasteiger partial charge in [-0.15, -0.1) is 5.10 Å². The van der Waals surface area contributed by atoms with Crippen LogP contribution in [0.2, 0.25) is 0 Å². The zero-order valence-electron chi connectivity index (χ0n) is 12.4. The molecule has 0 aliphatic carbocycles. The number of benzene rings is 1. The van der Waals surface area contributed by atoms with Crippen LogP contribution in [0.4, 0.5) is 11.5 Å². The van der Waals surface area contributed by atoms with Crippen LogP contribution in [0.1, 0.15) is 13.3 Å². The van der Waals surface area contributed by atoms with Crippen molar-refractivity contribution < 1.29 is 9.59 Å². The van der Waals surface area contributed by atoms with Crippen molar-refractivity contribution in [1.82, 2.24) is 25.0 Å². The summed E-state index contributed by atoms with van der Waals surface area (Å²) in [6.45, 7) is 1.72. The van der Waals surface area contributed by atoms with E-state index in [9.17, 15) is 9.59 Å². The number of carbonyl (C=O) groups excluding carboxylic acids is 2. The van der Waals surface area contributed by atoms with Gasteiger partial charge in [0.25, 0.3) is 0 Å². The SMILES string of the molecule is CCC(=O)Nc1cn(CC(=O)Nc2cccc3[nH]cnc23)nn1. The number of anilines is 2. The van der Waals surface area contributed by atoms with E-state index in [1.54, 1.807) is 19.3 Å². The molecule has 2 heterocycles. The van der Waals surface area contributed by atoms with Crippen LogP contribution in [0.15, 0.2) is 30.7 Å². The largest absolute Gasteiger partial charge is 0.345 e. The number of para-hydroxylation sites is 1. The number of rotatable bonds is 5. The minimum atomic E-state index is -0.265. The molecule has 23 heavy (non-hydrogen) atoms. The topological polar surface area (TPSA) is 118 Å². The maximum atomic E-state index is 12.1. The summed E-state index contributed by atoms with van der Waals surface area (Å²) in [6, 6.07) is 5.47. The van der Waals surface area contributed by atoms with E-state index in [4.69, 9.17) is 0 Å². The second-order valence-corrected chi connectivity index (χ2v) is 4.86. The predicted molar refractivity (Wildman–Crippen MR) is 83.7 cm³/mol. The smallest absolute Gasteiger partial charge is 0.246 e. The Hall–Kier alpha value is -3.23. The molecule has 1 aromatic carbocycles. The van der Waals surface area contributed by atoms with Gasteiger partial charge in [-0.3, -0.25) is 9.59 Å². The number of aromatic nitrogens is 5. The molecule has 0 bridgehead atoms. The van der Waals surface area contributed by atoms with E-state index in [1.807, 2.05) is 12.1 Å². The van der Waals surface area contributed by atoms with Crippen LogP contribution in [0.3, 0.4) is 0 Å². The lowest BCUT2D eigenvalue weighted by molar-refractivity contribution is -0.117. The number of nitrogens with zero attached hydrogens (tertiary/aromatic N) is 4. The molecule has 0 radical (unpaired) electrons. The second-order valence-electron chi connectivity index (χ2n) is 4.86. The number of aromatic amines is 1. The van der Waals surface area contributed by atoms with Crippen LogP contribution in [-0.4, -0.2) is 36.8 Å². The van der Waals surface area contributed by atoms with Crippen LogP contribution in [0, 0.1) is 0 Å². The van der Waals surface area contributed by atoms with E-state index in [1.165, 1.54) is 10.9 Å². The molecular formula is C14H15N7O2. The minimum Gasteiger partial charge on any atom is -0.345 e. The first-order chi connectivity index (χ1) is 11.2. The van der Waals surface area contributed by atoms with Gasteiger partial charge in [-0.2, -0.15) is 0 Å². The van der Waals surface area contributed by atoms with Crippen LogP contribution in [0.5, 0.6) is 0 Å². The Morgan fingerprint density at radius 2 is 2.13 bits per heavy atom. The van der Waals surface area contributed by atoms with Crippen molar-refractivity contribution in [3.8, 4) is 0 Å².